The number of fused-ring (bicyclic) bond motifs is 3. The summed E-state index contributed by atoms with van der Waals surface area (Å²) >= 11 is 0. The van der Waals surface area contributed by atoms with Gasteiger partial charge >= 0.3 is 0 Å². The van der Waals surface area contributed by atoms with Crippen LogP contribution in [-0.2, 0) is 25.6 Å². The lowest BCUT2D eigenvalue weighted by Gasteiger charge is -2.61. The van der Waals surface area contributed by atoms with Gasteiger partial charge < -0.3 is 10.2 Å². The maximum absolute atomic E-state index is 14.1. The van der Waals surface area contributed by atoms with E-state index in [1.165, 1.54) is 26.0 Å². The topological polar surface area (TPSA) is 143 Å². The van der Waals surface area contributed by atoms with Crippen LogP contribution in [0, 0.1) is 34.5 Å². The summed E-state index contributed by atoms with van der Waals surface area (Å²) in [6.45, 7) is 9.06. The first-order valence-electron chi connectivity index (χ1n) is 11.8. The fraction of sp³-hybridized carbons (Fsp3) is 0.556. The third kappa shape index (κ3) is 2.95. The van der Waals surface area contributed by atoms with Gasteiger partial charge in [-0.25, -0.2) is 0 Å². The van der Waals surface area contributed by atoms with Gasteiger partial charge in [0.05, 0.1) is 11.5 Å². The summed E-state index contributed by atoms with van der Waals surface area (Å²) < 4.78 is 0. The second kappa shape index (κ2) is 7.50. The van der Waals surface area contributed by atoms with Crippen molar-refractivity contribution in [3.63, 3.8) is 0 Å². The molecule has 0 spiro atoms. The van der Waals surface area contributed by atoms with Crippen LogP contribution < -0.4 is 0 Å². The number of carbonyl (C=O) groups is 6. The second-order valence-corrected chi connectivity index (χ2v) is 11.4. The Hall–Kier alpha value is -3.00. The highest BCUT2D eigenvalue weighted by molar-refractivity contribution is 6.32. The van der Waals surface area contributed by atoms with Crippen molar-refractivity contribution in [1.82, 2.24) is 0 Å². The van der Waals surface area contributed by atoms with E-state index in [9.17, 15) is 39.0 Å². The number of ketones is 6. The molecule has 186 valence electrons. The molecule has 0 radical (unpaired) electrons. The molecular weight excluding hydrogens is 452 g/mol. The molecular formula is C27H30O8. The third-order valence-corrected chi connectivity index (χ3v) is 8.64. The molecule has 2 N–H and O–H groups in total. The molecule has 1 aromatic carbocycles. The van der Waals surface area contributed by atoms with Gasteiger partial charge in [0.15, 0.2) is 34.5 Å². The highest BCUT2D eigenvalue weighted by Crippen LogP contribution is 2.63. The Bertz CT molecular complexity index is 1240. The summed E-state index contributed by atoms with van der Waals surface area (Å²) in [5, 5.41) is 22.4. The zero-order chi connectivity index (χ0) is 26.4. The van der Waals surface area contributed by atoms with E-state index in [1.807, 2.05) is 0 Å². The number of carbonyl (C=O) groups excluding carboxylic acids is 6. The van der Waals surface area contributed by atoms with Gasteiger partial charge in [0.25, 0.3) is 0 Å². The Morgan fingerprint density at radius 1 is 1.03 bits per heavy atom. The van der Waals surface area contributed by atoms with Crippen molar-refractivity contribution in [3.8, 4) is 5.75 Å². The molecule has 3 aliphatic rings. The predicted molar refractivity (Wildman–Crippen MR) is 123 cm³/mol. The highest BCUT2D eigenvalue weighted by Gasteiger charge is 2.76. The predicted octanol–water partition coefficient (Wildman–Crippen LogP) is 2.30. The van der Waals surface area contributed by atoms with Crippen LogP contribution in [0.15, 0.2) is 12.1 Å². The van der Waals surface area contributed by atoms with Crippen LogP contribution >= 0.6 is 0 Å². The molecule has 8 heteroatoms. The lowest BCUT2D eigenvalue weighted by molar-refractivity contribution is -0.205. The lowest BCUT2D eigenvalue weighted by Crippen LogP contribution is -2.76. The fourth-order valence-corrected chi connectivity index (χ4v) is 7.47. The minimum Gasteiger partial charge on any atom is -0.507 e. The van der Waals surface area contributed by atoms with E-state index in [1.54, 1.807) is 20.8 Å². The highest BCUT2D eigenvalue weighted by atomic mass is 16.3. The monoisotopic (exact) mass is 482 g/mol. The van der Waals surface area contributed by atoms with Gasteiger partial charge in [-0.2, -0.15) is 0 Å². The molecule has 2 fully saturated rings. The quantitative estimate of drug-likeness (QED) is 0.493. The third-order valence-electron chi connectivity index (χ3n) is 8.64. The summed E-state index contributed by atoms with van der Waals surface area (Å²) in [5.74, 6) is -9.76. The zero-order valence-corrected chi connectivity index (χ0v) is 20.7. The summed E-state index contributed by atoms with van der Waals surface area (Å²) in [6.07, 6.45) is 0.0127. The van der Waals surface area contributed by atoms with Crippen molar-refractivity contribution < 1.29 is 39.0 Å². The summed E-state index contributed by atoms with van der Waals surface area (Å²) in [4.78, 5) is 79.4. The molecule has 1 aromatic rings. The molecule has 0 saturated heterocycles. The number of phenolic OH excluding ortho intramolecular Hbond substituents is 1. The van der Waals surface area contributed by atoms with Crippen molar-refractivity contribution in [2.75, 3.05) is 0 Å². The Balaban J connectivity index is 2.01. The van der Waals surface area contributed by atoms with Crippen molar-refractivity contribution in [1.29, 1.82) is 0 Å². The Morgan fingerprint density at radius 2 is 1.63 bits per heavy atom. The number of aliphatic hydroxyl groups is 1. The number of phenols is 1. The molecule has 0 aromatic heterocycles. The maximum Gasteiger partial charge on any atom is 0.190 e. The van der Waals surface area contributed by atoms with E-state index in [0.29, 0.717) is 5.56 Å². The number of benzene rings is 1. The first kappa shape index (κ1) is 25.1. The molecule has 0 heterocycles. The maximum atomic E-state index is 14.1. The summed E-state index contributed by atoms with van der Waals surface area (Å²) in [7, 11) is 0. The number of aromatic hydroxyl groups is 1. The van der Waals surface area contributed by atoms with Gasteiger partial charge in [0, 0.05) is 16.9 Å². The molecule has 0 bridgehead atoms. The Morgan fingerprint density at radius 3 is 2.14 bits per heavy atom. The summed E-state index contributed by atoms with van der Waals surface area (Å²) in [6, 6.07) is 2.64. The molecule has 8 nitrogen and oxygen atoms in total. The smallest absolute Gasteiger partial charge is 0.190 e. The van der Waals surface area contributed by atoms with Gasteiger partial charge in [-0.15, -0.1) is 0 Å². The van der Waals surface area contributed by atoms with Crippen LogP contribution in [0.4, 0.5) is 0 Å². The molecule has 3 aliphatic carbocycles. The van der Waals surface area contributed by atoms with E-state index in [-0.39, 0.29) is 29.8 Å². The SMILES string of the molecule is CC(=O)c1ccc(O)c2c1C[C@]1(C)C[C@]3(C)C(C(C)C)C(=O)C(C(C)=O)C(=O)[C@]3(O)C(=O)C1C2=O. The number of hydrogen-bond acceptors (Lipinski definition) is 8. The molecule has 2 saturated carbocycles. The van der Waals surface area contributed by atoms with E-state index in [2.05, 4.69) is 0 Å². The molecule has 3 unspecified atom stereocenters. The van der Waals surface area contributed by atoms with E-state index < -0.39 is 74.8 Å². The normalized spacial score (nSPS) is 36.5. The lowest BCUT2D eigenvalue weighted by atomic mass is 9.40. The fourth-order valence-electron chi connectivity index (χ4n) is 7.47. The van der Waals surface area contributed by atoms with Gasteiger partial charge in [-0.3, -0.25) is 28.8 Å². The number of Topliss-reactive ketones (excluding diaryl/α,β-unsaturated/α-hetero) is 6. The first-order chi connectivity index (χ1) is 16.0. The van der Waals surface area contributed by atoms with Crippen molar-refractivity contribution >= 4 is 34.7 Å². The van der Waals surface area contributed by atoms with Crippen LogP contribution in [0.3, 0.4) is 0 Å². The van der Waals surface area contributed by atoms with Crippen LogP contribution in [0.5, 0.6) is 5.75 Å². The van der Waals surface area contributed by atoms with E-state index in [4.69, 9.17) is 0 Å². The standard InChI is InChI=1S/C27H30O8/c1-11(2)19-21(31)17(13(4)29)23(33)27(35)24(34)20-22(32)18-15(9-25(20,5)10-26(19,27)6)14(12(3)28)7-8-16(18)30/h7-8,11,17,19-20,30,35H,9-10H2,1-6H3/t17?,19?,20?,25-,26-,27+/m1/s1. The largest absolute Gasteiger partial charge is 0.507 e. The second-order valence-electron chi connectivity index (χ2n) is 11.4. The van der Waals surface area contributed by atoms with Crippen molar-refractivity contribution in [2.45, 2.75) is 60.0 Å². The van der Waals surface area contributed by atoms with E-state index >= 15 is 0 Å². The summed E-state index contributed by atoms with van der Waals surface area (Å²) in [5.41, 5.74) is -5.04. The molecule has 4 rings (SSSR count). The van der Waals surface area contributed by atoms with Crippen LogP contribution in [-0.4, -0.2) is 50.5 Å². The van der Waals surface area contributed by atoms with Crippen LogP contribution in [0.1, 0.15) is 74.2 Å². The van der Waals surface area contributed by atoms with E-state index in [0.717, 1.165) is 6.92 Å². The number of hydrogen-bond donors (Lipinski definition) is 2. The Labute approximate surface area is 203 Å². The minimum absolute atomic E-state index is 0.0456. The van der Waals surface area contributed by atoms with Crippen molar-refractivity contribution in [2.24, 2.45) is 34.5 Å². The zero-order valence-electron chi connectivity index (χ0n) is 20.7. The molecule has 0 aliphatic heterocycles. The molecule has 35 heavy (non-hydrogen) atoms. The first-order valence-corrected chi connectivity index (χ1v) is 11.8. The Kier molecular flexibility index (Phi) is 5.38. The van der Waals surface area contributed by atoms with Gasteiger partial charge in [0.1, 0.15) is 17.5 Å². The van der Waals surface area contributed by atoms with Crippen LogP contribution in [0.25, 0.3) is 0 Å². The average molecular weight is 483 g/mol. The molecule has 6 atom stereocenters. The van der Waals surface area contributed by atoms with Gasteiger partial charge in [0.2, 0.25) is 0 Å². The minimum atomic E-state index is -2.72. The van der Waals surface area contributed by atoms with Crippen LogP contribution in [0.2, 0.25) is 0 Å². The molecule has 0 amide bonds. The van der Waals surface area contributed by atoms with Gasteiger partial charge in [-0.1, -0.05) is 27.7 Å². The van der Waals surface area contributed by atoms with Crippen molar-refractivity contribution in [3.05, 3.63) is 28.8 Å². The van der Waals surface area contributed by atoms with Gasteiger partial charge in [-0.05, 0) is 55.7 Å². The average Bonchev–Trinajstić information content (AvgIpc) is 2.69. The number of rotatable bonds is 3.